The first-order valence-electron chi connectivity index (χ1n) is 6.94. The monoisotopic (exact) mass is 290 g/mol. The molecule has 0 aromatic carbocycles. The number of hydrogen-bond donors (Lipinski definition) is 2. The third-order valence-corrected chi connectivity index (χ3v) is 5.21. The summed E-state index contributed by atoms with van der Waals surface area (Å²) in [5.74, 6) is 0.347. The summed E-state index contributed by atoms with van der Waals surface area (Å²) in [6.45, 7) is 6.50. The van der Waals surface area contributed by atoms with Crippen molar-refractivity contribution < 1.29 is 13.2 Å². The van der Waals surface area contributed by atoms with Gasteiger partial charge in [-0.2, -0.15) is 0 Å². The lowest BCUT2D eigenvalue weighted by molar-refractivity contribution is -0.123. The van der Waals surface area contributed by atoms with Gasteiger partial charge in [-0.15, -0.1) is 0 Å². The quantitative estimate of drug-likeness (QED) is 0.755. The third-order valence-electron chi connectivity index (χ3n) is 3.54. The van der Waals surface area contributed by atoms with Crippen LogP contribution in [-0.2, 0) is 14.6 Å². The van der Waals surface area contributed by atoms with Gasteiger partial charge in [-0.3, -0.25) is 4.79 Å². The van der Waals surface area contributed by atoms with Gasteiger partial charge in [0, 0.05) is 18.8 Å². The average Bonchev–Trinajstić information content (AvgIpc) is 2.73. The van der Waals surface area contributed by atoms with Gasteiger partial charge in [-0.1, -0.05) is 20.3 Å². The number of carbonyl (C=O) groups is 1. The highest BCUT2D eigenvalue weighted by Gasteiger charge is 2.35. The van der Waals surface area contributed by atoms with Crippen LogP contribution in [-0.4, -0.2) is 44.5 Å². The van der Waals surface area contributed by atoms with Crippen molar-refractivity contribution in [3.63, 3.8) is 0 Å². The van der Waals surface area contributed by atoms with E-state index in [1.807, 2.05) is 13.8 Å². The van der Waals surface area contributed by atoms with Crippen molar-refractivity contribution in [3.8, 4) is 0 Å². The van der Waals surface area contributed by atoms with Crippen molar-refractivity contribution >= 4 is 15.7 Å². The molecule has 0 aliphatic heterocycles. The zero-order valence-corrected chi connectivity index (χ0v) is 13.1. The maximum atomic E-state index is 11.9. The molecule has 0 radical (unpaired) electrons. The molecular weight excluding hydrogens is 264 g/mol. The van der Waals surface area contributed by atoms with E-state index >= 15 is 0 Å². The summed E-state index contributed by atoms with van der Waals surface area (Å²) in [5.41, 5.74) is 0. The van der Waals surface area contributed by atoms with Gasteiger partial charge >= 0.3 is 0 Å². The van der Waals surface area contributed by atoms with Gasteiger partial charge in [0.1, 0.15) is 0 Å². The van der Waals surface area contributed by atoms with Crippen LogP contribution in [0.1, 0.15) is 40.0 Å². The van der Waals surface area contributed by atoms with Crippen molar-refractivity contribution in [1.82, 2.24) is 10.6 Å². The predicted molar refractivity (Wildman–Crippen MR) is 76.7 cm³/mol. The third kappa shape index (κ3) is 5.10. The highest BCUT2D eigenvalue weighted by molar-refractivity contribution is 7.91. The zero-order chi connectivity index (χ0) is 14.6. The van der Waals surface area contributed by atoms with E-state index in [1.165, 1.54) is 6.26 Å². The van der Waals surface area contributed by atoms with Gasteiger partial charge in [0.15, 0.2) is 9.84 Å². The molecule has 0 spiro atoms. The molecule has 1 aliphatic carbocycles. The fourth-order valence-corrected chi connectivity index (χ4v) is 3.89. The Balaban J connectivity index is 2.52. The summed E-state index contributed by atoms with van der Waals surface area (Å²) in [6, 6.07) is -0.458. The van der Waals surface area contributed by atoms with E-state index in [2.05, 4.69) is 10.6 Å². The molecule has 0 aromatic rings. The second-order valence-electron chi connectivity index (χ2n) is 5.93. The van der Waals surface area contributed by atoms with E-state index in [0.717, 1.165) is 12.8 Å². The van der Waals surface area contributed by atoms with Crippen LogP contribution < -0.4 is 10.6 Å². The lowest BCUT2D eigenvalue weighted by Gasteiger charge is -2.23. The number of hydrogen-bond acceptors (Lipinski definition) is 4. The second-order valence-corrected chi connectivity index (χ2v) is 8.20. The van der Waals surface area contributed by atoms with Crippen molar-refractivity contribution in [3.05, 3.63) is 0 Å². The van der Waals surface area contributed by atoms with Crippen LogP contribution >= 0.6 is 0 Å². The van der Waals surface area contributed by atoms with Crippen LogP contribution in [0.4, 0.5) is 0 Å². The minimum Gasteiger partial charge on any atom is -0.354 e. The van der Waals surface area contributed by atoms with Crippen LogP contribution in [0, 0.1) is 5.92 Å². The van der Waals surface area contributed by atoms with Crippen molar-refractivity contribution in [1.29, 1.82) is 0 Å². The number of nitrogens with one attached hydrogen (secondary N) is 2. The highest BCUT2D eigenvalue weighted by Crippen LogP contribution is 2.25. The summed E-state index contributed by atoms with van der Waals surface area (Å²) >= 11 is 0. The van der Waals surface area contributed by atoms with Crippen LogP contribution in [0.5, 0.6) is 0 Å². The van der Waals surface area contributed by atoms with Crippen molar-refractivity contribution in [2.45, 2.75) is 57.4 Å². The molecule has 1 fully saturated rings. The molecule has 3 unspecified atom stereocenters. The maximum Gasteiger partial charge on any atom is 0.236 e. The Morgan fingerprint density at radius 3 is 2.42 bits per heavy atom. The molecule has 3 atom stereocenters. The first-order chi connectivity index (χ1) is 8.71. The molecule has 5 nitrogen and oxygen atoms in total. The lowest BCUT2D eigenvalue weighted by atomic mass is 10.2. The smallest absolute Gasteiger partial charge is 0.236 e. The minimum atomic E-state index is -3.04. The SMILES string of the molecule is CC(C)CNC(=O)C(C)NC1CCCC1S(C)(=O)=O. The van der Waals surface area contributed by atoms with Gasteiger partial charge in [-0.05, 0) is 25.7 Å². The van der Waals surface area contributed by atoms with E-state index in [9.17, 15) is 13.2 Å². The van der Waals surface area contributed by atoms with E-state index in [1.54, 1.807) is 6.92 Å². The Morgan fingerprint density at radius 2 is 1.89 bits per heavy atom. The normalized spacial score (nSPS) is 25.5. The first-order valence-corrected chi connectivity index (χ1v) is 8.90. The first kappa shape index (κ1) is 16.4. The van der Waals surface area contributed by atoms with Gasteiger partial charge in [0.2, 0.25) is 5.91 Å². The highest BCUT2D eigenvalue weighted by atomic mass is 32.2. The topological polar surface area (TPSA) is 75.3 Å². The van der Waals surface area contributed by atoms with Crippen molar-refractivity contribution in [2.24, 2.45) is 5.92 Å². The van der Waals surface area contributed by atoms with Gasteiger partial charge < -0.3 is 10.6 Å². The molecule has 1 rings (SSSR count). The number of rotatable bonds is 6. The van der Waals surface area contributed by atoms with Crippen LogP contribution in [0.25, 0.3) is 0 Å². The molecule has 0 saturated heterocycles. The Hall–Kier alpha value is -0.620. The molecule has 19 heavy (non-hydrogen) atoms. The van der Waals surface area contributed by atoms with E-state index in [0.29, 0.717) is 18.9 Å². The summed E-state index contributed by atoms with van der Waals surface area (Å²) in [7, 11) is -3.04. The van der Waals surface area contributed by atoms with Gasteiger partial charge in [0.05, 0.1) is 11.3 Å². The second kappa shape index (κ2) is 6.70. The molecule has 1 saturated carbocycles. The predicted octanol–water partition coefficient (Wildman–Crippen LogP) is 0.702. The van der Waals surface area contributed by atoms with Crippen LogP contribution in [0.3, 0.4) is 0 Å². The van der Waals surface area contributed by atoms with Crippen LogP contribution in [0.15, 0.2) is 0 Å². The number of amides is 1. The molecule has 2 N–H and O–H groups in total. The molecule has 6 heteroatoms. The molecule has 0 aromatic heterocycles. The summed E-state index contributed by atoms with van der Waals surface area (Å²) < 4.78 is 23.3. The standard InChI is InChI=1S/C13H26N2O3S/c1-9(2)8-14-13(16)10(3)15-11-6-5-7-12(11)19(4,17)18/h9-12,15H,5-8H2,1-4H3,(H,14,16). The lowest BCUT2D eigenvalue weighted by Crippen LogP contribution is -2.50. The fourth-order valence-electron chi connectivity index (χ4n) is 2.48. The van der Waals surface area contributed by atoms with Gasteiger partial charge in [0.25, 0.3) is 0 Å². The Bertz CT molecular complexity index is 406. The van der Waals surface area contributed by atoms with E-state index in [-0.39, 0.29) is 23.2 Å². The molecule has 1 aliphatic rings. The Labute approximate surface area is 116 Å². The molecule has 1 amide bonds. The fraction of sp³-hybridized carbons (Fsp3) is 0.923. The van der Waals surface area contributed by atoms with Crippen molar-refractivity contribution in [2.75, 3.05) is 12.8 Å². The number of sulfone groups is 1. The van der Waals surface area contributed by atoms with E-state index < -0.39 is 9.84 Å². The maximum absolute atomic E-state index is 11.9. The molecule has 0 bridgehead atoms. The zero-order valence-electron chi connectivity index (χ0n) is 12.3. The molecule has 0 heterocycles. The molecule has 112 valence electrons. The minimum absolute atomic E-state index is 0.0622. The largest absolute Gasteiger partial charge is 0.354 e. The van der Waals surface area contributed by atoms with Crippen LogP contribution in [0.2, 0.25) is 0 Å². The summed E-state index contributed by atoms with van der Waals surface area (Å²) in [6.07, 6.45) is 3.69. The summed E-state index contributed by atoms with van der Waals surface area (Å²) in [5, 5.41) is 5.67. The Morgan fingerprint density at radius 1 is 1.26 bits per heavy atom. The Kier molecular flexibility index (Phi) is 5.80. The number of carbonyl (C=O) groups excluding carboxylic acids is 1. The van der Waals surface area contributed by atoms with E-state index in [4.69, 9.17) is 0 Å². The average molecular weight is 290 g/mol. The summed E-state index contributed by atoms with van der Waals surface area (Å²) in [4.78, 5) is 11.9. The molecular formula is C13H26N2O3S. The van der Waals surface area contributed by atoms with Gasteiger partial charge in [-0.25, -0.2) is 8.42 Å².